The van der Waals surface area contributed by atoms with Crippen molar-refractivity contribution < 1.29 is 32.0 Å². The predicted molar refractivity (Wildman–Crippen MR) is 83.6 cm³/mol. The maximum absolute atomic E-state index is 11.9. The molecule has 0 fully saturated rings. The van der Waals surface area contributed by atoms with Crippen molar-refractivity contribution in [1.29, 1.82) is 0 Å². The Labute approximate surface area is 175 Å². The van der Waals surface area contributed by atoms with Gasteiger partial charge in [-0.05, 0) is 23.6 Å². The second-order valence-electron chi connectivity index (χ2n) is 4.33. The fourth-order valence-corrected chi connectivity index (χ4v) is 2.64. The van der Waals surface area contributed by atoms with Gasteiger partial charge in [0.05, 0.1) is 30.2 Å². The fraction of sp³-hybridized carbons (Fsp3) is 0.143. The van der Waals surface area contributed by atoms with Gasteiger partial charge < -0.3 is 9.47 Å². The summed E-state index contributed by atoms with van der Waals surface area (Å²) in [5, 5.41) is 0.465. The first-order valence-electron chi connectivity index (χ1n) is 6.00. The SMILES string of the molecule is COC(=O)c1cccc2cc(S(=O)(=O)O)cc(C(=O)OC)c12.[KH]. The van der Waals surface area contributed by atoms with Crippen molar-refractivity contribution in [3.63, 3.8) is 0 Å². The zero-order valence-electron chi connectivity index (χ0n) is 11.7. The van der Waals surface area contributed by atoms with Crippen LogP contribution in [0.1, 0.15) is 20.7 Å². The van der Waals surface area contributed by atoms with Crippen molar-refractivity contribution in [2.45, 2.75) is 4.90 Å². The van der Waals surface area contributed by atoms with Gasteiger partial charge in [0, 0.05) is 5.39 Å². The molecule has 0 atom stereocenters. The van der Waals surface area contributed by atoms with E-state index < -0.39 is 27.0 Å². The van der Waals surface area contributed by atoms with Crippen LogP contribution in [0.2, 0.25) is 0 Å². The molecule has 0 heterocycles. The molecule has 0 aliphatic heterocycles. The molecule has 0 aliphatic carbocycles. The molecule has 0 saturated heterocycles. The number of esters is 2. The summed E-state index contributed by atoms with van der Waals surface area (Å²) in [5.41, 5.74) is -0.0732. The van der Waals surface area contributed by atoms with Crippen LogP contribution in [0, 0.1) is 0 Å². The van der Waals surface area contributed by atoms with Crippen molar-refractivity contribution in [2.24, 2.45) is 0 Å². The predicted octanol–water partition coefficient (Wildman–Crippen LogP) is 1.01. The Hall–Kier alpha value is -0.814. The van der Waals surface area contributed by atoms with Crippen LogP contribution in [-0.4, -0.2) is 90.5 Å². The summed E-state index contributed by atoms with van der Waals surface area (Å²) >= 11 is 0. The van der Waals surface area contributed by atoms with E-state index >= 15 is 0 Å². The topological polar surface area (TPSA) is 107 Å². The second-order valence-corrected chi connectivity index (χ2v) is 5.75. The van der Waals surface area contributed by atoms with E-state index in [2.05, 4.69) is 9.47 Å². The molecule has 0 spiro atoms. The van der Waals surface area contributed by atoms with E-state index in [0.717, 1.165) is 19.2 Å². The van der Waals surface area contributed by atoms with Gasteiger partial charge in [-0.15, -0.1) is 0 Å². The molecule has 2 aromatic rings. The Kier molecular flexibility index (Phi) is 6.90. The summed E-state index contributed by atoms with van der Waals surface area (Å²) in [5.74, 6) is -1.53. The van der Waals surface area contributed by atoms with Crippen LogP contribution in [0.25, 0.3) is 10.8 Å². The van der Waals surface area contributed by atoms with E-state index in [-0.39, 0.29) is 73.3 Å². The Balaban J connectivity index is 0.00000264. The molecule has 2 rings (SSSR count). The third-order valence-electron chi connectivity index (χ3n) is 3.06. The molecule has 0 aliphatic rings. The average Bonchev–Trinajstić information content (AvgIpc) is 2.50. The number of hydrogen-bond donors (Lipinski definition) is 1. The molecule has 118 valence electrons. The summed E-state index contributed by atoms with van der Waals surface area (Å²) in [7, 11) is -2.22. The van der Waals surface area contributed by atoms with Gasteiger partial charge in [0.1, 0.15) is 0 Å². The van der Waals surface area contributed by atoms with Gasteiger partial charge in [0.25, 0.3) is 10.1 Å². The molecule has 2 aromatic carbocycles. The summed E-state index contributed by atoms with van der Waals surface area (Å²) in [6, 6.07) is 6.56. The van der Waals surface area contributed by atoms with Crippen LogP contribution in [0.3, 0.4) is 0 Å². The van der Waals surface area contributed by atoms with Gasteiger partial charge >= 0.3 is 63.3 Å². The summed E-state index contributed by atoms with van der Waals surface area (Å²) in [4.78, 5) is 23.3. The van der Waals surface area contributed by atoms with E-state index in [1.165, 1.54) is 25.3 Å². The van der Waals surface area contributed by atoms with Gasteiger partial charge in [0.2, 0.25) is 0 Å². The normalized spacial score (nSPS) is 10.7. The summed E-state index contributed by atoms with van der Waals surface area (Å²) < 4.78 is 41.1. The van der Waals surface area contributed by atoms with E-state index in [1.54, 1.807) is 0 Å². The Bertz CT molecular complexity index is 874. The molecule has 0 aromatic heterocycles. The van der Waals surface area contributed by atoms with Crippen LogP contribution in [0.5, 0.6) is 0 Å². The number of ether oxygens (including phenoxy) is 2. The molecule has 0 radical (unpaired) electrons. The van der Waals surface area contributed by atoms with Gasteiger partial charge in [-0.3, -0.25) is 4.55 Å². The first-order chi connectivity index (χ1) is 10.3. The van der Waals surface area contributed by atoms with Gasteiger partial charge in [0.15, 0.2) is 0 Å². The number of carbonyl (C=O) groups excluding carboxylic acids is 2. The zero-order chi connectivity index (χ0) is 16.5. The average molecular weight is 364 g/mol. The van der Waals surface area contributed by atoms with Gasteiger partial charge in [-0.25, -0.2) is 9.59 Å². The molecule has 7 nitrogen and oxygen atoms in total. The third-order valence-corrected chi connectivity index (χ3v) is 3.89. The van der Waals surface area contributed by atoms with Crippen LogP contribution < -0.4 is 0 Å². The molecule has 0 saturated carbocycles. The minimum absolute atomic E-state index is 0. The minimum atomic E-state index is -4.52. The van der Waals surface area contributed by atoms with Crippen LogP contribution in [0.15, 0.2) is 35.2 Å². The van der Waals surface area contributed by atoms with Crippen molar-refractivity contribution >= 4 is 84.2 Å². The Morgan fingerprint density at radius 2 is 1.57 bits per heavy atom. The molecule has 0 bridgehead atoms. The molecule has 23 heavy (non-hydrogen) atoms. The number of hydrogen-bond acceptors (Lipinski definition) is 6. The molecular weight excluding hydrogens is 351 g/mol. The number of rotatable bonds is 3. The third kappa shape index (κ3) is 4.18. The molecule has 0 unspecified atom stereocenters. The van der Waals surface area contributed by atoms with Crippen molar-refractivity contribution in [1.82, 2.24) is 0 Å². The van der Waals surface area contributed by atoms with Crippen LogP contribution >= 0.6 is 0 Å². The van der Waals surface area contributed by atoms with Crippen molar-refractivity contribution in [3.05, 3.63) is 41.5 Å². The quantitative estimate of drug-likeness (QED) is 0.492. The fourth-order valence-electron chi connectivity index (χ4n) is 2.10. The number of fused-ring (bicyclic) bond motifs is 1. The Morgan fingerprint density at radius 3 is 2.09 bits per heavy atom. The summed E-state index contributed by atoms with van der Waals surface area (Å²) in [6.45, 7) is 0. The van der Waals surface area contributed by atoms with Crippen molar-refractivity contribution in [3.8, 4) is 0 Å². The van der Waals surface area contributed by atoms with Crippen molar-refractivity contribution in [2.75, 3.05) is 14.2 Å². The van der Waals surface area contributed by atoms with Crippen LogP contribution in [-0.2, 0) is 19.6 Å². The second kappa shape index (κ2) is 7.84. The Morgan fingerprint density at radius 1 is 1.00 bits per heavy atom. The van der Waals surface area contributed by atoms with Gasteiger partial charge in [-0.2, -0.15) is 8.42 Å². The molecule has 1 N–H and O–H groups in total. The number of benzene rings is 2. The van der Waals surface area contributed by atoms with E-state index in [4.69, 9.17) is 0 Å². The standard InChI is InChI=1S/C14H12O7S.K.H/c1-20-13(15)10-5-3-4-8-6-9(22(17,18)19)7-11(12(8)10)14(16)21-2;;/h3-7H,1-2H3,(H,17,18,19);;. The monoisotopic (exact) mass is 364 g/mol. The maximum atomic E-state index is 11.9. The van der Waals surface area contributed by atoms with Gasteiger partial charge in [-0.1, -0.05) is 12.1 Å². The molecule has 0 amide bonds. The van der Waals surface area contributed by atoms with Crippen LogP contribution in [0.4, 0.5) is 0 Å². The first-order valence-corrected chi connectivity index (χ1v) is 7.44. The molecular formula is C14H13KO7S. The zero-order valence-corrected chi connectivity index (χ0v) is 12.5. The van der Waals surface area contributed by atoms with E-state index in [0.29, 0.717) is 0 Å². The first kappa shape index (κ1) is 20.2. The summed E-state index contributed by atoms with van der Waals surface area (Å²) in [6.07, 6.45) is 0. The van der Waals surface area contributed by atoms with E-state index in [1.807, 2.05) is 0 Å². The molecule has 9 heteroatoms. The number of methoxy groups -OCH3 is 2. The number of carbonyl (C=O) groups is 2. The van der Waals surface area contributed by atoms with E-state index in [9.17, 15) is 22.6 Å².